The molecule has 0 aliphatic carbocycles. The lowest BCUT2D eigenvalue weighted by Gasteiger charge is -2.32. The molecule has 1 aliphatic heterocycles. The predicted molar refractivity (Wildman–Crippen MR) is 94.6 cm³/mol. The van der Waals surface area contributed by atoms with Crippen molar-refractivity contribution in [3.05, 3.63) is 64.6 Å². The molecule has 0 spiro atoms. The standard InChI is InChI=1S/C19H19BrO3/c1-19(2)21-13-18(22-23-19)12-5-14-3-6-15(7-4-14)16-8-10-17(20)11-9-16/h3-12,18H,13H2,1-2H3. The van der Waals surface area contributed by atoms with E-state index in [1.807, 2.05) is 38.1 Å². The van der Waals surface area contributed by atoms with Crippen LogP contribution in [0.25, 0.3) is 17.2 Å². The van der Waals surface area contributed by atoms with Crippen LogP contribution in [-0.4, -0.2) is 18.5 Å². The number of hydrogen-bond donors (Lipinski definition) is 0. The SMILES string of the molecule is CC1(C)OCC(C=Cc2ccc(-c3ccc(Br)cc3)cc2)OO1. The zero-order chi connectivity index (χ0) is 16.3. The van der Waals surface area contributed by atoms with Gasteiger partial charge >= 0.3 is 0 Å². The average molecular weight is 375 g/mol. The largest absolute Gasteiger partial charge is 0.345 e. The van der Waals surface area contributed by atoms with Crippen molar-refractivity contribution >= 4 is 22.0 Å². The van der Waals surface area contributed by atoms with Crippen molar-refractivity contribution in [2.24, 2.45) is 0 Å². The van der Waals surface area contributed by atoms with Gasteiger partial charge in [0.1, 0.15) is 6.10 Å². The lowest BCUT2D eigenvalue weighted by molar-refractivity contribution is -0.468. The fourth-order valence-corrected chi connectivity index (χ4v) is 2.51. The van der Waals surface area contributed by atoms with Crippen LogP contribution in [-0.2, 0) is 14.5 Å². The molecule has 3 nitrogen and oxygen atoms in total. The molecular weight excluding hydrogens is 356 g/mol. The minimum atomic E-state index is -0.670. The summed E-state index contributed by atoms with van der Waals surface area (Å²) in [4.78, 5) is 10.5. The van der Waals surface area contributed by atoms with E-state index >= 15 is 0 Å². The lowest BCUT2D eigenvalue weighted by atomic mass is 10.0. The quantitative estimate of drug-likeness (QED) is 0.689. The summed E-state index contributed by atoms with van der Waals surface area (Å²) in [6, 6.07) is 16.7. The summed E-state index contributed by atoms with van der Waals surface area (Å²) in [6.07, 6.45) is 3.78. The highest BCUT2D eigenvalue weighted by molar-refractivity contribution is 9.10. The molecule has 2 aromatic carbocycles. The van der Waals surface area contributed by atoms with Gasteiger partial charge in [-0.1, -0.05) is 58.4 Å². The lowest BCUT2D eigenvalue weighted by Crippen LogP contribution is -2.39. The second kappa shape index (κ2) is 6.97. The molecule has 1 heterocycles. The highest BCUT2D eigenvalue weighted by Crippen LogP contribution is 2.23. The fourth-order valence-electron chi connectivity index (χ4n) is 2.25. The normalized spacial score (nSPS) is 20.7. The van der Waals surface area contributed by atoms with Crippen molar-refractivity contribution in [1.29, 1.82) is 0 Å². The molecule has 0 saturated carbocycles. The molecule has 1 fully saturated rings. The third-order valence-corrected chi connectivity index (χ3v) is 4.09. The van der Waals surface area contributed by atoms with Crippen LogP contribution < -0.4 is 0 Å². The Kier molecular flexibility index (Phi) is 4.97. The molecule has 0 N–H and O–H groups in total. The van der Waals surface area contributed by atoms with Crippen LogP contribution in [0.2, 0.25) is 0 Å². The van der Waals surface area contributed by atoms with Crippen LogP contribution in [0.3, 0.4) is 0 Å². The number of halogens is 1. The Hall–Kier alpha value is -1.46. The van der Waals surface area contributed by atoms with Crippen LogP contribution in [0.5, 0.6) is 0 Å². The minimum Gasteiger partial charge on any atom is -0.345 e. The molecule has 120 valence electrons. The summed E-state index contributed by atoms with van der Waals surface area (Å²) in [7, 11) is 0. The Morgan fingerprint density at radius 3 is 2.17 bits per heavy atom. The van der Waals surface area contributed by atoms with E-state index in [-0.39, 0.29) is 6.10 Å². The molecule has 4 heteroatoms. The van der Waals surface area contributed by atoms with E-state index in [0.29, 0.717) is 6.61 Å². The molecule has 1 atom stereocenters. The zero-order valence-electron chi connectivity index (χ0n) is 13.2. The van der Waals surface area contributed by atoms with Crippen molar-refractivity contribution in [2.75, 3.05) is 6.61 Å². The first-order chi connectivity index (χ1) is 11.0. The second-order valence-electron chi connectivity index (χ2n) is 5.92. The first kappa shape index (κ1) is 16.4. The van der Waals surface area contributed by atoms with Crippen molar-refractivity contribution in [2.45, 2.75) is 25.7 Å². The molecule has 0 bridgehead atoms. The average Bonchev–Trinajstić information content (AvgIpc) is 2.55. The fraction of sp³-hybridized carbons (Fsp3) is 0.263. The summed E-state index contributed by atoms with van der Waals surface area (Å²) in [5.74, 6) is -0.670. The van der Waals surface area contributed by atoms with Crippen molar-refractivity contribution < 1.29 is 14.5 Å². The Morgan fingerprint density at radius 1 is 1.00 bits per heavy atom. The van der Waals surface area contributed by atoms with Gasteiger partial charge in [-0.05, 0) is 48.7 Å². The van der Waals surface area contributed by atoms with Gasteiger partial charge in [0, 0.05) is 4.47 Å². The van der Waals surface area contributed by atoms with Gasteiger partial charge in [0.05, 0.1) is 6.61 Å². The predicted octanol–water partition coefficient (Wildman–Crippen LogP) is 5.21. The van der Waals surface area contributed by atoms with Crippen molar-refractivity contribution in [3.63, 3.8) is 0 Å². The number of ether oxygens (including phenoxy) is 1. The molecule has 1 aliphatic rings. The molecule has 23 heavy (non-hydrogen) atoms. The van der Waals surface area contributed by atoms with Crippen LogP contribution in [0.1, 0.15) is 19.4 Å². The van der Waals surface area contributed by atoms with Crippen LogP contribution in [0.15, 0.2) is 59.1 Å². The Labute approximate surface area is 144 Å². The van der Waals surface area contributed by atoms with Crippen molar-refractivity contribution in [3.8, 4) is 11.1 Å². The first-order valence-corrected chi connectivity index (χ1v) is 8.34. The molecular formula is C19H19BrO3. The maximum atomic E-state index is 5.55. The van der Waals surface area contributed by atoms with Gasteiger partial charge in [-0.3, -0.25) is 0 Å². The summed E-state index contributed by atoms with van der Waals surface area (Å²) < 4.78 is 6.63. The van der Waals surface area contributed by atoms with Gasteiger partial charge in [0.2, 0.25) is 0 Å². The van der Waals surface area contributed by atoms with Gasteiger partial charge in [0.15, 0.2) is 5.79 Å². The third kappa shape index (κ3) is 4.52. The molecule has 1 unspecified atom stereocenters. The maximum absolute atomic E-state index is 5.55. The van der Waals surface area contributed by atoms with E-state index in [1.54, 1.807) is 0 Å². The molecule has 2 aromatic rings. The van der Waals surface area contributed by atoms with E-state index in [1.165, 1.54) is 11.1 Å². The Morgan fingerprint density at radius 2 is 1.61 bits per heavy atom. The molecule has 0 amide bonds. The summed E-state index contributed by atoms with van der Waals surface area (Å²) in [5, 5.41) is 0. The van der Waals surface area contributed by atoms with E-state index in [2.05, 4.69) is 52.3 Å². The Balaban J connectivity index is 1.63. The highest BCUT2D eigenvalue weighted by Gasteiger charge is 2.28. The monoisotopic (exact) mass is 374 g/mol. The minimum absolute atomic E-state index is 0.186. The van der Waals surface area contributed by atoms with E-state index in [9.17, 15) is 0 Å². The van der Waals surface area contributed by atoms with Crippen molar-refractivity contribution in [1.82, 2.24) is 0 Å². The van der Waals surface area contributed by atoms with Gasteiger partial charge in [-0.25, -0.2) is 9.78 Å². The molecule has 0 aromatic heterocycles. The second-order valence-corrected chi connectivity index (χ2v) is 6.83. The van der Waals surface area contributed by atoms with Gasteiger partial charge in [-0.15, -0.1) is 0 Å². The zero-order valence-corrected chi connectivity index (χ0v) is 14.7. The maximum Gasteiger partial charge on any atom is 0.196 e. The van der Waals surface area contributed by atoms with Gasteiger partial charge < -0.3 is 4.74 Å². The van der Waals surface area contributed by atoms with Gasteiger partial charge in [0.25, 0.3) is 0 Å². The number of benzene rings is 2. The summed E-state index contributed by atoms with van der Waals surface area (Å²) >= 11 is 3.45. The molecule has 3 rings (SSSR count). The molecule has 1 saturated heterocycles. The van der Waals surface area contributed by atoms with E-state index < -0.39 is 5.79 Å². The van der Waals surface area contributed by atoms with Crippen LogP contribution in [0.4, 0.5) is 0 Å². The van der Waals surface area contributed by atoms with Gasteiger partial charge in [-0.2, -0.15) is 0 Å². The van der Waals surface area contributed by atoms with E-state index in [0.717, 1.165) is 10.0 Å². The first-order valence-electron chi connectivity index (χ1n) is 7.54. The highest BCUT2D eigenvalue weighted by atomic mass is 79.9. The smallest absolute Gasteiger partial charge is 0.196 e. The van der Waals surface area contributed by atoms with Crippen LogP contribution in [0, 0.1) is 0 Å². The van der Waals surface area contributed by atoms with Crippen LogP contribution >= 0.6 is 15.9 Å². The van der Waals surface area contributed by atoms with E-state index in [4.69, 9.17) is 14.5 Å². The summed E-state index contributed by atoms with van der Waals surface area (Å²) in [6.45, 7) is 4.14. The molecule has 0 radical (unpaired) electrons. The number of rotatable bonds is 3. The topological polar surface area (TPSA) is 27.7 Å². The third-order valence-electron chi connectivity index (χ3n) is 3.56. The Bertz CT molecular complexity index is 665. The number of hydrogen-bond acceptors (Lipinski definition) is 3. The summed E-state index contributed by atoms with van der Waals surface area (Å²) in [5.41, 5.74) is 3.50.